The predicted octanol–water partition coefficient (Wildman–Crippen LogP) is 3.08. The van der Waals surface area contributed by atoms with Crippen molar-refractivity contribution < 1.29 is 14.2 Å². The molecule has 0 N–H and O–H groups in total. The Bertz CT molecular complexity index is 476. The van der Waals surface area contributed by atoms with Gasteiger partial charge in [0.15, 0.2) is 5.60 Å². The summed E-state index contributed by atoms with van der Waals surface area (Å²) in [5.41, 5.74) is 0.416. The summed E-state index contributed by atoms with van der Waals surface area (Å²) in [6.07, 6.45) is 0.115. The zero-order valence-corrected chi connectivity index (χ0v) is 11.7. The molecule has 0 amide bonds. The van der Waals surface area contributed by atoms with Gasteiger partial charge in [-0.05, 0) is 32.0 Å². The molecule has 3 atom stereocenters. The van der Waals surface area contributed by atoms with Crippen LogP contribution in [0, 0.1) is 0 Å². The lowest BCUT2D eigenvalue weighted by Crippen LogP contribution is -2.52. The normalized spacial score (nSPS) is 38.0. The van der Waals surface area contributed by atoms with Crippen molar-refractivity contribution in [1.82, 2.24) is 0 Å². The second-order valence-corrected chi connectivity index (χ2v) is 5.97. The quantitative estimate of drug-likeness (QED) is 0.786. The number of rotatable bonds is 2. The topological polar surface area (TPSA) is 31.0 Å². The van der Waals surface area contributed by atoms with E-state index in [0.717, 1.165) is 15.8 Å². The van der Waals surface area contributed by atoms with Crippen LogP contribution in [0.5, 0.6) is 5.75 Å². The fourth-order valence-electron chi connectivity index (χ4n) is 2.58. The summed E-state index contributed by atoms with van der Waals surface area (Å²) >= 11 is 3.48. The van der Waals surface area contributed by atoms with Crippen molar-refractivity contribution >= 4 is 15.9 Å². The van der Waals surface area contributed by atoms with Crippen LogP contribution in [0.3, 0.4) is 0 Å². The molecule has 0 saturated carbocycles. The van der Waals surface area contributed by atoms with E-state index < -0.39 is 5.60 Å². The molecule has 0 spiro atoms. The van der Waals surface area contributed by atoms with E-state index in [1.807, 2.05) is 19.1 Å². The molecule has 0 bridgehead atoms. The summed E-state index contributed by atoms with van der Waals surface area (Å²) in [6, 6.07) is 6.03. The van der Waals surface area contributed by atoms with Gasteiger partial charge in [-0.25, -0.2) is 0 Å². The van der Waals surface area contributed by atoms with Crippen LogP contribution in [0.25, 0.3) is 0 Å². The van der Waals surface area contributed by atoms with Gasteiger partial charge in [-0.3, -0.25) is 0 Å². The van der Waals surface area contributed by atoms with Gasteiger partial charge in [0, 0.05) is 17.1 Å². The van der Waals surface area contributed by atoms with Crippen LogP contribution in [0.15, 0.2) is 22.7 Å². The van der Waals surface area contributed by atoms with E-state index in [9.17, 15) is 0 Å². The van der Waals surface area contributed by atoms with E-state index in [-0.39, 0.29) is 11.7 Å². The highest BCUT2D eigenvalue weighted by Gasteiger charge is 2.69. The SMILES string of the molecule is COCC1(C)Oc2ccc(Br)cc2C2OC21C. The molecule has 2 aliphatic rings. The third-order valence-electron chi connectivity index (χ3n) is 3.87. The molecule has 3 unspecified atom stereocenters. The summed E-state index contributed by atoms with van der Waals surface area (Å²) in [5, 5.41) is 0. The maximum Gasteiger partial charge on any atom is 0.161 e. The molecule has 0 aliphatic carbocycles. The molecule has 3 rings (SSSR count). The fourth-order valence-corrected chi connectivity index (χ4v) is 2.96. The van der Waals surface area contributed by atoms with E-state index in [0.29, 0.717) is 6.61 Å². The number of benzene rings is 1. The van der Waals surface area contributed by atoms with Gasteiger partial charge < -0.3 is 14.2 Å². The van der Waals surface area contributed by atoms with Gasteiger partial charge in [-0.15, -0.1) is 0 Å². The lowest BCUT2D eigenvalue weighted by atomic mass is 9.83. The van der Waals surface area contributed by atoms with Crippen LogP contribution >= 0.6 is 15.9 Å². The van der Waals surface area contributed by atoms with Gasteiger partial charge in [0.05, 0.1) is 6.61 Å². The molecule has 0 aromatic heterocycles. The average molecular weight is 299 g/mol. The van der Waals surface area contributed by atoms with Crippen molar-refractivity contribution in [3.05, 3.63) is 28.2 Å². The molecular formula is C13H15BrO3. The molecule has 1 aromatic carbocycles. The molecule has 2 aliphatic heterocycles. The first-order valence-corrected chi connectivity index (χ1v) is 6.45. The van der Waals surface area contributed by atoms with Gasteiger partial charge in [-0.2, -0.15) is 0 Å². The van der Waals surface area contributed by atoms with Crippen molar-refractivity contribution in [2.45, 2.75) is 31.2 Å². The number of methoxy groups -OCH3 is 1. The Hall–Kier alpha value is -0.580. The molecule has 3 nitrogen and oxygen atoms in total. The Morgan fingerprint density at radius 2 is 2.18 bits per heavy atom. The summed E-state index contributed by atoms with van der Waals surface area (Å²) in [6.45, 7) is 4.65. The Kier molecular flexibility index (Phi) is 2.35. The van der Waals surface area contributed by atoms with E-state index >= 15 is 0 Å². The summed E-state index contributed by atoms with van der Waals surface area (Å²) in [4.78, 5) is 0. The number of hydrogen-bond donors (Lipinski definition) is 0. The predicted molar refractivity (Wildman–Crippen MR) is 67.3 cm³/mol. The molecule has 2 heterocycles. The standard InChI is InChI=1S/C13H15BrO3/c1-12(7-15-3)13(2)11(17-13)9-6-8(14)4-5-10(9)16-12/h4-6,11H,7H2,1-3H3. The van der Waals surface area contributed by atoms with Crippen molar-refractivity contribution in [1.29, 1.82) is 0 Å². The molecule has 1 aromatic rings. The summed E-state index contributed by atoms with van der Waals surface area (Å²) in [5.74, 6) is 0.896. The molecular weight excluding hydrogens is 284 g/mol. The number of halogens is 1. The van der Waals surface area contributed by atoms with E-state index in [2.05, 4.69) is 28.9 Å². The number of ether oxygens (including phenoxy) is 3. The minimum absolute atomic E-state index is 0.115. The van der Waals surface area contributed by atoms with Gasteiger partial charge in [-0.1, -0.05) is 15.9 Å². The first kappa shape index (κ1) is 11.5. The summed E-state index contributed by atoms with van der Waals surface area (Å²) in [7, 11) is 1.69. The second kappa shape index (κ2) is 3.46. The van der Waals surface area contributed by atoms with Crippen molar-refractivity contribution in [3.8, 4) is 5.75 Å². The average Bonchev–Trinajstić information content (AvgIpc) is 2.95. The zero-order chi connectivity index (χ0) is 12.3. The van der Waals surface area contributed by atoms with Crippen LogP contribution < -0.4 is 4.74 Å². The number of fused-ring (bicyclic) bond motifs is 3. The first-order chi connectivity index (χ1) is 8.00. The van der Waals surface area contributed by atoms with Crippen LogP contribution in [-0.2, 0) is 9.47 Å². The Labute approximate surface area is 109 Å². The third kappa shape index (κ3) is 1.47. The van der Waals surface area contributed by atoms with E-state index in [1.165, 1.54) is 0 Å². The largest absolute Gasteiger partial charge is 0.482 e. The highest BCUT2D eigenvalue weighted by molar-refractivity contribution is 9.10. The Balaban J connectivity index is 2.05. The minimum atomic E-state index is -0.423. The van der Waals surface area contributed by atoms with Crippen LogP contribution in [0.4, 0.5) is 0 Å². The van der Waals surface area contributed by atoms with Crippen molar-refractivity contribution in [3.63, 3.8) is 0 Å². The monoisotopic (exact) mass is 298 g/mol. The van der Waals surface area contributed by atoms with Crippen molar-refractivity contribution in [2.24, 2.45) is 0 Å². The molecule has 0 radical (unpaired) electrons. The van der Waals surface area contributed by atoms with Gasteiger partial charge >= 0.3 is 0 Å². The zero-order valence-electron chi connectivity index (χ0n) is 10.1. The molecule has 1 fully saturated rings. The Morgan fingerprint density at radius 3 is 2.88 bits per heavy atom. The maximum absolute atomic E-state index is 6.10. The third-order valence-corrected chi connectivity index (χ3v) is 4.36. The van der Waals surface area contributed by atoms with Gasteiger partial charge in [0.2, 0.25) is 0 Å². The van der Waals surface area contributed by atoms with Crippen molar-refractivity contribution in [2.75, 3.05) is 13.7 Å². The molecule has 1 saturated heterocycles. The number of epoxide rings is 1. The number of hydrogen-bond acceptors (Lipinski definition) is 3. The highest BCUT2D eigenvalue weighted by Crippen LogP contribution is 2.62. The van der Waals surface area contributed by atoms with Gasteiger partial charge in [0.25, 0.3) is 0 Å². The van der Waals surface area contributed by atoms with E-state index in [1.54, 1.807) is 7.11 Å². The lowest BCUT2D eigenvalue weighted by molar-refractivity contribution is -0.0504. The fraction of sp³-hybridized carbons (Fsp3) is 0.538. The highest BCUT2D eigenvalue weighted by atomic mass is 79.9. The smallest absolute Gasteiger partial charge is 0.161 e. The van der Waals surface area contributed by atoms with Crippen LogP contribution in [0.1, 0.15) is 25.5 Å². The van der Waals surface area contributed by atoms with Gasteiger partial charge in [0.1, 0.15) is 17.5 Å². The van der Waals surface area contributed by atoms with Crippen LogP contribution in [0.2, 0.25) is 0 Å². The second-order valence-electron chi connectivity index (χ2n) is 5.05. The maximum atomic E-state index is 6.10. The molecule has 17 heavy (non-hydrogen) atoms. The summed E-state index contributed by atoms with van der Waals surface area (Å²) < 4.78 is 18.3. The van der Waals surface area contributed by atoms with E-state index in [4.69, 9.17) is 14.2 Å². The first-order valence-electron chi connectivity index (χ1n) is 5.65. The molecule has 4 heteroatoms. The molecule has 92 valence electrons. The van der Waals surface area contributed by atoms with Crippen LogP contribution in [-0.4, -0.2) is 24.9 Å². The lowest BCUT2D eigenvalue weighted by Gasteiger charge is -2.37. The Morgan fingerprint density at radius 1 is 1.41 bits per heavy atom. The minimum Gasteiger partial charge on any atom is -0.482 e.